The van der Waals surface area contributed by atoms with Gasteiger partial charge in [-0.25, -0.2) is 22.8 Å². The number of hydrogen-bond donors (Lipinski definition) is 1. The van der Waals surface area contributed by atoms with Gasteiger partial charge in [-0.1, -0.05) is 12.1 Å². The second-order valence-corrected chi connectivity index (χ2v) is 9.44. The molecule has 0 amide bonds. The molecule has 0 aliphatic heterocycles. The van der Waals surface area contributed by atoms with Crippen molar-refractivity contribution in [3.05, 3.63) is 84.7 Å². The Kier molecular flexibility index (Phi) is 5.61. The van der Waals surface area contributed by atoms with Gasteiger partial charge in [0, 0.05) is 24.6 Å². The van der Waals surface area contributed by atoms with Crippen LogP contribution < -0.4 is 9.47 Å². The minimum absolute atomic E-state index is 0.0977. The molecule has 0 aliphatic carbocycles. The van der Waals surface area contributed by atoms with Crippen LogP contribution in [0.25, 0.3) is 22.6 Å². The Labute approximate surface area is 198 Å². The molecule has 5 rings (SSSR count). The molecule has 0 bridgehead atoms. The molecular weight excluding hydrogens is 478 g/mol. The third kappa shape index (κ3) is 4.66. The molecule has 0 saturated carbocycles. The summed E-state index contributed by atoms with van der Waals surface area (Å²) in [6.07, 6.45) is 3.93. The summed E-state index contributed by atoms with van der Waals surface area (Å²) in [5, 5.41) is -0.0977. The minimum atomic E-state index is -3.47. The van der Waals surface area contributed by atoms with Crippen LogP contribution in [0.2, 0.25) is 0 Å². The number of hydrogen-bond acceptors (Lipinski definition) is 7. The van der Waals surface area contributed by atoms with Crippen molar-refractivity contribution in [1.82, 2.24) is 19.9 Å². The molecule has 3 heterocycles. The normalized spacial score (nSPS) is 11.5. The molecule has 11 heteroatoms. The molecule has 176 valence electrons. The van der Waals surface area contributed by atoms with Gasteiger partial charge in [0.05, 0.1) is 11.7 Å². The van der Waals surface area contributed by atoms with E-state index in [9.17, 15) is 17.2 Å². The quantitative estimate of drug-likeness (QED) is 0.342. The number of ether oxygens (including phenoxy) is 2. The summed E-state index contributed by atoms with van der Waals surface area (Å²) < 4.78 is 62.9. The predicted octanol–water partition coefficient (Wildman–Crippen LogP) is 5.29. The number of fused-ring (bicyclic) bond motifs is 1. The van der Waals surface area contributed by atoms with Crippen molar-refractivity contribution in [2.45, 2.75) is 5.03 Å². The largest absolute Gasteiger partial charge is 0.456 e. The Morgan fingerprint density at radius 2 is 1.74 bits per heavy atom. The monoisotopic (exact) mass is 494 g/mol. The number of rotatable bonds is 6. The molecule has 0 aliphatic rings. The fraction of sp³-hybridized carbons (Fsp3) is 0.0417. The fourth-order valence-electron chi connectivity index (χ4n) is 3.29. The van der Waals surface area contributed by atoms with E-state index in [0.29, 0.717) is 22.6 Å². The van der Waals surface area contributed by atoms with Gasteiger partial charge in [-0.05, 0) is 36.4 Å². The van der Waals surface area contributed by atoms with Crippen molar-refractivity contribution in [3.8, 4) is 34.5 Å². The van der Waals surface area contributed by atoms with Gasteiger partial charge in [0.25, 0.3) is 0 Å². The highest BCUT2D eigenvalue weighted by Crippen LogP contribution is 2.37. The van der Waals surface area contributed by atoms with E-state index in [1.807, 2.05) is 0 Å². The Balaban J connectivity index is 1.58. The van der Waals surface area contributed by atoms with Crippen LogP contribution in [0.15, 0.2) is 78.1 Å². The first kappa shape index (κ1) is 22.4. The van der Waals surface area contributed by atoms with Gasteiger partial charge in [0.2, 0.25) is 5.82 Å². The third-order valence-electron chi connectivity index (χ3n) is 4.89. The maximum absolute atomic E-state index is 14.3. The molecule has 2 aromatic carbocycles. The van der Waals surface area contributed by atoms with Crippen LogP contribution in [0.5, 0.6) is 23.0 Å². The number of pyridine rings is 2. The summed E-state index contributed by atoms with van der Waals surface area (Å²) in [6, 6.07) is 14.8. The molecule has 1 N–H and O–H groups in total. The maximum atomic E-state index is 14.3. The van der Waals surface area contributed by atoms with Gasteiger partial charge in [-0.15, -0.1) is 0 Å². The first-order valence-corrected chi connectivity index (χ1v) is 12.1. The smallest absolute Gasteiger partial charge is 0.201 e. The first-order valence-electron chi connectivity index (χ1n) is 10.2. The van der Waals surface area contributed by atoms with Crippen LogP contribution in [-0.4, -0.2) is 34.6 Å². The van der Waals surface area contributed by atoms with Crippen molar-refractivity contribution in [1.29, 1.82) is 0 Å². The Morgan fingerprint density at radius 3 is 2.46 bits per heavy atom. The summed E-state index contributed by atoms with van der Waals surface area (Å²) in [5.74, 6) is -1.49. The number of aromatic nitrogens is 4. The third-order valence-corrected chi connectivity index (χ3v) is 5.89. The van der Waals surface area contributed by atoms with Crippen molar-refractivity contribution >= 4 is 20.9 Å². The molecule has 0 spiro atoms. The van der Waals surface area contributed by atoms with Gasteiger partial charge in [0.15, 0.2) is 38.0 Å². The highest BCUT2D eigenvalue weighted by atomic mass is 32.2. The lowest BCUT2D eigenvalue weighted by molar-refractivity contribution is 0.415. The Hall–Kier alpha value is -4.38. The number of nitrogens with one attached hydrogen (secondary N) is 1. The number of nitrogens with zero attached hydrogens (tertiary/aromatic N) is 3. The minimum Gasteiger partial charge on any atom is -0.456 e. The number of halogens is 2. The molecule has 0 radical (unpaired) electrons. The Bertz CT molecular complexity index is 1640. The van der Waals surface area contributed by atoms with Crippen LogP contribution in [0.4, 0.5) is 8.78 Å². The van der Waals surface area contributed by atoms with Crippen molar-refractivity contribution in [3.63, 3.8) is 0 Å². The second-order valence-electron chi connectivity index (χ2n) is 7.48. The first-order chi connectivity index (χ1) is 16.8. The van der Waals surface area contributed by atoms with Gasteiger partial charge < -0.3 is 14.5 Å². The number of imidazole rings is 1. The molecule has 5 aromatic rings. The van der Waals surface area contributed by atoms with Crippen LogP contribution in [0, 0.1) is 11.6 Å². The average molecular weight is 494 g/mol. The summed E-state index contributed by atoms with van der Waals surface area (Å²) >= 11 is 0. The van der Waals surface area contributed by atoms with E-state index < -0.39 is 21.5 Å². The topological polar surface area (TPSA) is 107 Å². The predicted molar refractivity (Wildman–Crippen MR) is 123 cm³/mol. The maximum Gasteiger partial charge on any atom is 0.201 e. The number of benzene rings is 2. The van der Waals surface area contributed by atoms with Crippen LogP contribution in [0.1, 0.15) is 0 Å². The van der Waals surface area contributed by atoms with E-state index in [1.165, 1.54) is 36.5 Å². The molecule has 0 unspecified atom stereocenters. The van der Waals surface area contributed by atoms with Gasteiger partial charge in [0.1, 0.15) is 22.7 Å². The second kappa shape index (κ2) is 8.76. The zero-order valence-electron chi connectivity index (χ0n) is 18.1. The van der Waals surface area contributed by atoms with Crippen molar-refractivity contribution in [2.75, 3.05) is 6.26 Å². The molecule has 0 atom stereocenters. The lowest BCUT2D eigenvalue weighted by atomic mass is 10.2. The summed E-state index contributed by atoms with van der Waals surface area (Å²) in [7, 11) is -3.47. The van der Waals surface area contributed by atoms with Gasteiger partial charge >= 0.3 is 0 Å². The van der Waals surface area contributed by atoms with Crippen LogP contribution >= 0.6 is 0 Å². The summed E-state index contributed by atoms with van der Waals surface area (Å²) in [6.45, 7) is 0. The fourth-order valence-corrected chi connectivity index (χ4v) is 3.84. The number of sulfone groups is 1. The van der Waals surface area contributed by atoms with Gasteiger partial charge in [-0.2, -0.15) is 4.39 Å². The van der Waals surface area contributed by atoms with E-state index in [4.69, 9.17) is 9.47 Å². The summed E-state index contributed by atoms with van der Waals surface area (Å²) in [5.41, 5.74) is 1.39. The highest BCUT2D eigenvalue weighted by Gasteiger charge is 2.17. The standard InChI is InChI=1S/C24H16F2N4O4S/c1-35(31,32)21-9-8-14(13-28-21)33-15-11-18-23(30-24(29-18)17-6-2-3-10-27-17)20(12-15)34-19-7-4-5-16(25)22(19)26/h2-13H,1H3,(H,29,30). The van der Waals surface area contributed by atoms with E-state index in [0.717, 1.165) is 12.3 Å². The molecular formula is C24H16F2N4O4S. The molecule has 3 aromatic heterocycles. The highest BCUT2D eigenvalue weighted by molar-refractivity contribution is 7.90. The average Bonchev–Trinajstić information content (AvgIpc) is 3.27. The van der Waals surface area contributed by atoms with E-state index in [1.54, 1.807) is 30.5 Å². The molecule has 0 saturated heterocycles. The van der Waals surface area contributed by atoms with E-state index in [-0.39, 0.29) is 28.0 Å². The SMILES string of the molecule is CS(=O)(=O)c1ccc(Oc2cc(Oc3cccc(F)c3F)c3nc(-c4ccccn4)[nH]c3c2)cn1. The van der Waals surface area contributed by atoms with Gasteiger partial charge in [-0.3, -0.25) is 4.98 Å². The Morgan fingerprint density at radius 1 is 0.886 bits per heavy atom. The zero-order chi connectivity index (χ0) is 24.6. The lowest BCUT2D eigenvalue weighted by Crippen LogP contribution is -2.00. The lowest BCUT2D eigenvalue weighted by Gasteiger charge is -2.11. The molecule has 35 heavy (non-hydrogen) atoms. The van der Waals surface area contributed by atoms with Crippen molar-refractivity contribution < 1.29 is 26.7 Å². The number of aromatic amines is 1. The zero-order valence-corrected chi connectivity index (χ0v) is 18.9. The van der Waals surface area contributed by atoms with E-state index in [2.05, 4.69) is 19.9 Å². The van der Waals surface area contributed by atoms with E-state index >= 15 is 0 Å². The summed E-state index contributed by atoms with van der Waals surface area (Å²) in [4.78, 5) is 15.8. The molecule has 8 nitrogen and oxygen atoms in total. The number of H-pyrrole nitrogens is 1. The molecule has 0 fully saturated rings. The van der Waals surface area contributed by atoms with Crippen LogP contribution in [-0.2, 0) is 9.84 Å². The van der Waals surface area contributed by atoms with Crippen molar-refractivity contribution in [2.24, 2.45) is 0 Å². The van der Waals surface area contributed by atoms with Crippen LogP contribution in [0.3, 0.4) is 0 Å².